The van der Waals surface area contributed by atoms with Crippen molar-refractivity contribution in [2.45, 2.75) is 19.3 Å². The van der Waals surface area contributed by atoms with Crippen molar-refractivity contribution in [2.24, 2.45) is 4.99 Å². The molecule has 0 unspecified atom stereocenters. The summed E-state index contributed by atoms with van der Waals surface area (Å²) in [6, 6.07) is 13.2. The van der Waals surface area contributed by atoms with Gasteiger partial charge in [-0.25, -0.2) is 4.98 Å². The van der Waals surface area contributed by atoms with Crippen LogP contribution in [-0.4, -0.2) is 61.9 Å². The van der Waals surface area contributed by atoms with Crippen LogP contribution in [0.3, 0.4) is 0 Å². The van der Waals surface area contributed by atoms with E-state index in [2.05, 4.69) is 29.8 Å². The molecule has 0 spiro atoms. The van der Waals surface area contributed by atoms with Gasteiger partial charge in [0.1, 0.15) is 12.4 Å². The Hall–Kier alpha value is -2.08. The minimum absolute atomic E-state index is 0. The van der Waals surface area contributed by atoms with Crippen LogP contribution in [0.2, 0.25) is 0 Å². The molecule has 1 aliphatic rings. The molecule has 3 rings (SSSR count). The Morgan fingerprint density at radius 2 is 1.74 bits per heavy atom. The van der Waals surface area contributed by atoms with Crippen molar-refractivity contribution in [2.75, 3.05) is 44.7 Å². The zero-order chi connectivity index (χ0) is 21.4. The number of rotatable bonds is 6. The minimum atomic E-state index is -4.30. The number of hydrogen-bond acceptors (Lipinski definition) is 4. The predicted octanol–water partition coefficient (Wildman–Crippen LogP) is 3.68. The summed E-state index contributed by atoms with van der Waals surface area (Å²) in [6.45, 7) is 2.69. The third kappa shape index (κ3) is 8.17. The molecule has 1 aromatic carbocycles. The van der Waals surface area contributed by atoms with Gasteiger partial charge in [0.15, 0.2) is 5.96 Å². The predicted molar refractivity (Wildman–Crippen MR) is 126 cm³/mol. The van der Waals surface area contributed by atoms with Gasteiger partial charge in [-0.3, -0.25) is 4.99 Å². The molecule has 6 nitrogen and oxygen atoms in total. The van der Waals surface area contributed by atoms with Crippen LogP contribution in [0.5, 0.6) is 0 Å². The summed E-state index contributed by atoms with van der Waals surface area (Å²) in [5.41, 5.74) is 1.72. The average molecular weight is 549 g/mol. The highest BCUT2D eigenvalue weighted by atomic mass is 127. The van der Waals surface area contributed by atoms with E-state index in [1.54, 1.807) is 25.4 Å². The van der Waals surface area contributed by atoms with Crippen LogP contribution in [0.25, 0.3) is 0 Å². The van der Waals surface area contributed by atoms with Gasteiger partial charge < -0.3 is 19.9 Å². The lowest BCUT2D eigenvalue weighted by Crippen LogP contribution is -2.52. The summed E-state index contributed by atoms with van der Waals surface area (Å²) in [5.74, 6) is 1.81. The number of aromatic nitrogens is 1. The van der Waals surface area contributed by atoms with E-state index in [0.29, 0.717) is 12.1 Å². The number of nitrogens with one attached hydrogen (secondary N) is 1. The molecule has 0 saturated carbocycles. The number of piperazine rings is 1. The number of nitrogens with zero attached hydrogens (tertiary/aromatic N) is 4. The summed E-state index contributed by atoms with van der Waals surface area (Å²) < 4.78 is 41.1. The summed E-state index contributed by atoms with van der Waals surface area (Å²) in [5, 5.41) is 3.35. The first kappa shape index (κ1) is 25.2. The van der Waals surface area contributed by atoms with E-state index in [0.717, 1.165) is 43.5 Å². The Morgan fingerprint density at radius 1 is 1.06 bits per heavy atom. The van der Waals surface area contributed by atoms with Gasteiger partial charge in [-0.2, -0.15) is 13.2 Å². The number of anilines is 1. The fourth-order valence-corrected chi connectivity index (χ4v) is 3.24. The lowest BCUT2D eigenvalue weighted by Gasteiger charge is -2.37. The van der Waals surface area contributed by atoms with Crippen molar-refractivity contribution in [1.29, 1.82) is 0 Å². The van der Waals surface area contributed by atoms with E-state index >= 15 is 0 Å². The fraction of sp³-hybridized carbons (Fsp3) is 0.429. The van der Waals surface area contributed by atoms with Gasteiger partial charge in [0.05, 0.1) is 6.61 Å². The van der Waals surface area contributed by atoms with Crippen LogP contribution in [0.1, 0.15) is 11.1 Å². The zero-order valence-corrected chi connectivity index (χ0v) is 19.6. The van der Waals surface area contributed by atoms with Crippen molar-refractivity contribution in [3.05, 3.63) is 59.8 Å². The number of pyridine rings is 1. The number of benzene rings is 1. The molecule has 0 aliphatic carbocycles. The largest absolute Gasteiger partial charge is 0.411 e. The van der Waals surface area contributed by atoms with Gasteiger partial charge in [0, 0.05) is 46.0 Å². The van der Waals surface area contributed by atoms with Crippen LogP contribution in [0, 0.1) is 0 Å². The lowest BCUT2D eigenvalue weighted by molar-refractivity contribution is -0.176. The van der Waals surface area contributed by atoms with Crippen molar-refractivity contribution in [1.82, 2.24) is 15.2 Å². The van der Waals surface area contributed by atoms with E-state index in [1.807, 2.05) is 30.3 Å². The molecule has 2 aromatic rings. The van der Waals surface area contributed by atoms with E-state index in [1.165, 1.54) is 0 Å². The molecule has 1 saturated heterocycles. The molecule has 1 fully saturated rings. The first-order valence-electron chi connectivity index (χ1n) is 9.78. The van der Waals surface area contributed by atoms with Gasteiger partial charge in [-0.1, -0.05) is 30.3 Å². The minimum Gasteiger partial charge on any atom is -0.367 e. The van der Waals surface area contributed by atoms with Crippen molar-refractivity contribution in [3.8, 4) is 0 Å². The van der Waals surface area contributed by atoms with Crippen LogP contribution in [-0.2, 0) is 17.9 Å². The Labute approximate surface area is 197 Å². The molecular weight excluding hydrogens is 522 g/mol. The second-order valence-electron chi connectivity index (χ2n) is 6.99. The standard InChI is InChI=1S/C21H26F3N5O.HI/c1-25-20(29-12-10-28(11-13-29)19-4-2-3-9-26-19)27-14-17-5-7-18(8-6-17)15-30-16-21(22,23)24;/h2-9H,10-16H2,1H3,(H,25,27);1H. The SMILES string of the molecule is CN=C(NCc1ccc(COCC(F)(F)F)cc1)N1CCN(c2ccccn2)CC1.I. The number of hydrogen-bond donors (Lipinski definition) is 1. The molecule has 1 aliphatic heterocycles. The Morgan fingerprint density at radius 3 is 2.32 bits per heavy atom. The monoisotopic (exact) mass is 549 g/mol. The molecule has 1 aromatic heterocycles. The van der Waals surface area contributed by atoms with Crippen LogP contribution < -0.4 is 10.2 Å². The highest BCUT2D eigenvalue weighted by molar-refractivity contribution is 14.0. The first-order valence-corrected chi connectivity index (χ1v) is 9.78. The smallest absolute Gasteiger partial charge is 0.367 e. The Kier molecular flexibility index (Phi) is 9.82. The molecule has 0 amide bonds. The van der Waals surface area contributed by atoms with E-state index in [4.69, 9.17) is 0 Å². The molecule has 0 bridgehead atoms. The molecule has 10 heteroatoms. The summed E-state index contributed by atoms with van der Waals surface area (Å²) >= 11 is 0. The number of ether oxygens (including phenoxy) is 1. The zero-order valence-electron chi connectivity index (χ0n) is 17.3. The van der Waals surface area contributed by atoms with Crippen molar-refractivity contribution in [3.63, 3.8) is 0 Å². The topological polar surface area (TPSA) is 53.0 Å². The second kappa shape index (κ2) is 12.1. The molecule has 170 valence electrons. The van der Waals surface area contributed by atoms with Gasteiger partial charge >= 0.3 is 6.18 Å². The van der Waals surface area contributed by atoms with Crippen molar-refractivity contribution < 1.29 is 17.9 Å². The number of halogens is 4. The highest BCUT2D eigenvalue weighted by Crippen LogP contribution is 2.16. The fourth-order valence-electron chi connectivity index (χ4n) is 3.24. The first-order chi connectivity index (χ1) is 14.4. The quantitative estimate of drug-likeness (QED) is 0.339. The molecule has 0 radical (unpaired) electrons. The van der Waals surface area contributed by atoms with Gasteiger partial charge in [0.25, 0.3) is 0 Å². The van der Waals surface area contributed by atoms with E-state index in [-0.39, 0.29) is 30.6 Å². The lowest BCUT2D eigenvalue weighted by atomic mass is 10.1. The number of aliphatic imine (C=N–C) groups is 1. The Bertz CT molecular complexity index is 810. The number of guanidine groups is 1. The molecule has 2 heterocycles. The maximum absolute atomic E-state index is 12.1. The van der Waals surface area contributed by atoms with Gasteiger partial charge in [-0.05, 0) is 23.3 Å². The van der Waals surface area contributed by atoms with Gasteiger partial charge in [-0.15, -0.1) is 24.0 Å². The second-order valence-corrected chi connectivity index (χ2v) is 6.99. The third-order valence-electron chi connectivity index (χ3n) is 4.77. The number of alkyl halides is 3. The van der Waals surface area contributed by atoms with E-state index in [9.17, 15) is 13.2 Å². The normalized spacial score (nSPS) is 14.9. The molecule has 1 N–H and O–H groups in total. The summed E-state index contributed by atoms with van der Waals surface area (Å²) in [7, 11) is 1.76. The molecular formula is C21H27F3IN5O. The van der Waals surface area contributed by atoms with Crippen molar-refractivity contribution >= 4 is 35.8 Å². The Balaban J connectivity index is 0.00000341. The average Bonchev–Trinajstić information content (AvgIpc) is 2.75. The van der Waals surface area contributed by atoms with Crippen LogP contribution in [0.15, 0.2) is 53.7 Å². The van der Waals surface area contributed by atoms with Crippen LogP contribution in [0.4, 0.5) is 19.0 Å². The maximum atomic E-state index is 12.1. The molecule has 0 atom stereocenters. The maximum Gasteiger partial charge on any atom is 0.411 e. The summed E-state index contributed by atoms with van der Waals surface area (Å²) in [6.07, 6.45) is -2.50. The summed E-state index contributed by atoms with van der Waals surface area (Å²) in [4.78, 5) is 13.2. The van der Waals surface area contributed by atoms with Gasteiger partial charge in [0.2, 0.25) is 0 Å². The molecule has 31 heavy (non-hydrogen) atoms. The van der Waals surface area contributed by atoms with Crippen LogP contribution >= 0.6 is 24.0 Å². The van der Waals surface area contributed by atoms with E-state index < -0.39 is 12.8 Å². The highest BCUT2D eigenvalue weighted by Gasteiger charge is 2.27. The third-order valence-corrected chi connectivity index (χ3v) is 4.77.